The highest BCUT2D eigenvalue weighted by atomic mass is 14.3. The van der Waals surface area contributed by atoms with E-state index in [1.54, 1.807) is 6.92 Å². The highest BCUT2D eigenvalue weighted by Gasteiger charge is 1.95. The van der Waals surface area contributed by atoms with Crippen molar-refractivity contribution in [1.29, 1.82) is 10.5 Å². The second-order valence-corrected chi connectivity index (χ2v) is 1.73. The van der Waals surface area contributed by atoms with Crippen molar-refractivity contribution < 1.29 is 0 Å². The smallest absolute Gasteiger partial charge is 0.128 e. The molecule has 0 fully saturated rings. The highest BCUT2D eigenvalue weighted by Crippen LogP contribution is 2.04. The summed E-state index contributed by atoms with van der Waals surface area (Å²) in [7, 11) is 0. The van der Waals surface area contributed by atoms with Gasteiger partial charge in [-0.2, -0.15) is 10.5 Å². The van der Waals surface area contributed by atoms with Crippen molar-refractivity contribution >= 4 is 0 Å². The van der Waals surface area contributed by atoms with Crippen molar-refractivity contribution in [2.24, 2.45) is 0 Å². The van der Waals surface area contributed by atoms with Crippen LogP contribution in [-0.4, -0.2) is 0 Å². The normalized spacial score (nSPS) is 7.11. The van der Waals surface area contributed by atoms with Crippen LogP contribution < -0.4 is 0 Å². The first kappa shape index (κ1) is 7.72. The Morgan fingerprint density at radius 3 is 1.89 bits per heavy atom. The lowest BCUT2D eigenvalue weighted by atomic mass is 10.1. The van der Waals surface area contributed by atoms with E-state index in [0.717, 1.165) is 12.0 Å². The van der Waals surface area contributed by atoms with Gasteiger partial charge in [0.2, 0.25) is 0 Å². The highest BCUT2D eigenvalue weighted by molar-refractivity contribution is 5.38. The number of allylic oxidation sites excluding steroid dienone is 2. The minimum Gasteiger partial charge on any atom is -0.192 e. The third-order valence-corrected chi connectivity index (χ3v) is 1.18. The van der Waals surface area contributed by atoms with Crippen LogP contribution in [0.2, 0.25) is 0 Å². The van der Waals surface area contributed by atoms with Gasteiger partial charge < -0.3 is 0 Å². The van der Waals surface area contributed by atoms with Crippen LogP contribution in [0.25, 0.3) is 0 Å². The van der Waals surface area contributed by atoms with Crippen LogP contribution in [0.4, 0.5) is 0 Å². The molecule has 46 valence electrons. The van der Waals surface area contributed by atoms with E-state index in [9.17, 15) is 0 Å². The Bertz CT molecular complexity index is 184. The van der Waals surface area contributed by atoms with Crippen molar-refractivity contribution in [3.8, 4) is 12.1 Å². The number of hydrogen-bond donors (Lipinski definition) is 0. The second-order valence-electron chi connectivity index (χ2n) is 1.73. The van der Waals surface area contributed by atoms with Gasteiger partial charge in [0.25, 0.3) is 0 Å². The van der Waals surface area contributed by atoms with Crippen molar-refractivity contribution in [3.63, 3.8) is 0 Å². The summed E-state index contributed by atoms with van der Waals surface area (Å²) in [6, 6.07) is 3.64. The van der Waals surface area contributed by atoms with Crippen LogP contribution in [0.5, 0.6) is 0 Å². The summed E-state index contributed by atoms with van der Waals surface area (Å²) >= 11 is 0. The molecule has 0 saturated carbocycles. The van der Waals surface area contributed by atoms with E-state index >= 15 is 0 Å². The summed E-state index contributed by atoms with van der Waals surface area (Å²) < 4.78 is 0. The third-order valence-electron chi connectivity index (χ3n) is 1.18. The van der Waals surface area contributed by atoms with E-state index in [1.807, 2.05) is 19.1 Å². The molecule has 0 N–H and O–H groups in total. The molecule has 0 rings (SSSR count). The molecule has 0 aromatic heterocycles. The Balaban J connectivity index is 4.49. The van der Waals surface area contributed by atoms with Gasteiger partial charge in [-0.05, 0) is 18.9 Å². The maximum atomic E-state index is 8.30. The lowest BCUT2D eigenvalue weighted by Gasteiger charge is -1.89. The summed E-state index contributed by atoms with van der Waals surface area (Å²) in [5.41, 5.74) is 1.11. The van der Waals surface area contributed by atoms with Gasteiger partial charge in [0.1, 0.15) is 17.7 Å². The van der Waals surface area contributed by atoms with Gasteiger partial charge >= 0.3 is 0 Å². The summed E-state index contributed by atoms with van der Waals surface area (Å²) in [5.74, 6) is 0. The summed E-state index contributed by atoms with van der Waals surface area (Å²) in [6.45, 7) is 3.71. The van der Waals surface area contributed by atoms with Crippen molar-refractivity contribution in [1.82, 2.24) is 0 Å². The molecule has 0 amide bonds. The van der Waals surface area contributed by atoms with Gasteiger partial charge in [0.05, 0.1) is 0 Å². The lowest BCUT2D eigenvalue weighted by molar-refractivity contribution is 1.09. The number of hydrogen-bond acceptors (Lipinski definition) is 2. The van der Waals surface area contributed by atoms with E-state index in [0.29, 0.717) is 0 Å². The van der Waals surface area contributed by atoms with Crippen LogP contribution in [0.3, 0.4) is 0 Å². The van der Waals surface area contributed by atoms with Gasteiger partial charge in [-0.3, -0.25) is 0 Å². The molecule has 0 aliphatic carbocycles. The van der Waals surface area contributed by atoms with E-state index in [1.165, 1.54) is 0 Å². The molecule has 2 nitrogen and oxygen atoms in total. The Hall–Kier alpha value is -1.28. The molecule has 0 aromatic carbocycles. The van der Waals surface area contributed by atoms with Crippen LogP contribution in [0, 0.1) is 22.7 Å². The number of rotatable bonds is 1. The van der Waals surface area contributed by atoms with Crippen LogP contribution in [0.15, 0.2) is 11.1 Å². The standard InChI is InChI=1S/C7H8N2/c1-3-6(2)7(4-8)5-9/h3H2,1-2H3. The SMILES string of the molecule is CCC(C)=C(C#N)C#N. The Morgan fingerprint density at radius 2 is 1.78 bits per heavy atom. The van der Waals surface area contributed by atoms with E-state index < -0.39 is 0 Å². The molecule has 0 radical (unpaired) electrons. The topological polar surface area (TPSA) is 47.6 Å². The molecular weight excluding hydrogens is 112 g/mol. The largest absolute Gasteiger partial charge is 0.192 e. The van der Waals surface area contributed by atoms with Crippen LogP contribution in [0.1, 0.15) is 20.3 Å². The Kier molecular flexibility index (Phi) is 3.16. The quantitative estimate of drug-likeness (QED) is 0.495. The van der Waals surface area contributed by atoms with Crippen molar-refractivity contribution in [3.05, 3.63) is 11.1 Å². The second kappa shape index (κ2) is 3.69. The fourth-order valence-corrected chi connectivity index (χ4v) is 0.393. The van der Waals surface area contributed by atoms with Crippen LogP contribution in [-0.2, 0) is 0 Å². The zero-order valence-corrected chi connectivity index (χ0v) is 5.60. The monoisotopic (exact) mass is 120 g/mol. The fraction of sp³-hybridized carbons (Fsp3) is 0.429. The molecule has 0 atom stereocenters. The third kappa shape index (κ3) is 1.97. The summed E-state index contributed by atoms with van der Waals surface area (Å²) in [4.78, 5) is 0. The minimum atomic E-state index is 0.248. The maximum Gasteiger partial charge on any atom is 0.128 e. The zero-order chi connectivity index (χ0) is 7.28. The molecule has 0 heterocycles. The molecule has 0 spiro atoms. The maximum absolute atomic E-state index is 8.30. The van der Waals surface area contributed by atoms with Gasteiger partial charge in [-0.15, -0.1) is 0 Å². The first-order valence-corrected chi connectivity index (χ1v) is 2.76. The summed E-state index contributed by atoms with van der Waals surface area (Å²) in [5, 5.41) is 16.6. The van der Waals surface area contributed by atoms with E-state index in [4.69, 9.17) is 10.5 Å². The first-order chi connectivity index (χ1) is 4.26. The zero-order valence-electron chi connectivity index (χ0n) is 5.60. The predicted octanol–water partition coefficient (Wildman–Crippen LogP) is 1.76. The average Bonchev–Trinajstić information content (AvgIpc) is 1.90. The average molecular weight is 120 g/mol. The van der Waals surface area contributed by atoms with Gasteiger partial charge in [0, 0.05) is 0 Å². The lowest BCUT2D eigenvalue weighted by Crippen LogP contribution is -1.79. The molecule has 9 heavy (non-hydrogen) atoms. The number of nitriles is 2. The molecule has 0 aromatic rings. The minimum absolute atomic E-state index is 0.248. The summed E-state index contributed by atoms with van der Waals surface area (Å²) in [6.07, 6.45) is 0.774. The Labute approximate surface area is 55.0 Å². The van der Waals surface area contributed by atoms with Gasteiger partial charge in [-0.25, -0.2) is 0 Å². The Morgan fingerprint density at radius 1 is 1.33 bits per heavy atom. The van der Waals surface area contributed by atoms with Gasteiger partial charge in [-0.1, -0.05) is 6.92 Å². The van der Waals surface area contributed by atoms with Crippen LogP contribution >= 0.6 is 0 Å². The van der Waals surface area contributed by atoms with Crippen molar-refractivity contribution in [2.75, 3.05) is 0 Å². The molecule has 0 unspecified atom stereocenters. The van der Waals surface area contributed by atoms with E-state index in [-0.39, 0.29) is 5.57 Å². The van der Waals surface area contributed by atoms with Gasteiger partial charge in [0.15, 0.2) is 0 Å². The van der Waals surface area contributed by atoms with E-state index in [2.05, 4.69) is 0 Å². The molecule has 2 heteroatoms. The molecule has 0 saturated heterocycles. The molecule has 0 aliphatic heterocycles. The number of nitrogens with zero attached hydrogens (tertiary/aromatic N) is 2. The first-order valence-electron chi connectivity index (χ1n) is 2.76. The molecule has 0 aliphatic rings. The molecule has 0 bridgehead atoms. The predicted molar refractivity (Wildman–Crippen MR) is 34.2 cm³/mol. The molecular formula is C7H8N2. The fourth-order valence-electron chi connectivity index (χ4n) is 0.393. The van der Waals surface area contributed by atoms with Crippen molar-refractivity contribution in [2.45, 2.75) is 20.3 Å².